The van der Waals surface area contributed by atoms with Gasteiger partial charge in [0.2, 0.25) is 5.91 Å². The highest BCUT2D eigenvalue weighted by Gasteiger charge is 2.23. The van der Waals surface area contributed by atoms with Gasteiger partial charge in [-0.15, -0.1) is 0 Å². The van der Waals surface area contributed by atoms with Crippen LogP contribution < -0.4 is 10.1 Å². The maximum Gasteiger partial charge on any atom is 0.225 e. The molecule has 2 aromatic carbocycles. The molecule has 0 bridgehead atoms. The Bertz CT molecular complexity index is 1180. The molecule has 0 unspecified atom stereocenters. The number of aryl methyl sites for hydroxylation is 2. The van der Waals surface area contributed by atoms with Crippen LogP contribution in [0.15, 0.2) is 51.9 Å². The van der Waals surface area contributed by atoms with E-state index in [0.717, 1.165) is 16.8 Å². The normalized spacial score (nSPS) is 11.3. The summed E-state index contributed by atoms with van der Waals surface area (Å²) in [6.07, 6.45) is -0.176. The number of anilines is 1. The van der Waals surface area contributed by atoms with Crippen LogP contribution in [0.5, 0.6) is 5.75 Å². The van der Waals surface area contributed by atoms with E-state index in [4.69, 9.17) is 9.26 Å². The lowest BCUT2D eigenvalue weighted by Crippen LogP contribution is -2.18. The predicted octanol–water partition coefficient (Wildman–Crippen LogP) is 4.08. The number of benzene rings is 2. The molecule has 1 N–H and O–H groups in total. The molecule has 158 valence electrons. The van der Waals surface area contributed by atoms with Crippen molar-refractivity contribution in [2.45, 2.75) is 32.1 Å². The Morgan fingerprint density at radius 2 is 1.87 bits per heavy atom. The first-order chi connectivity index (χ1) is 14.2. The SMILES string of the molecule is COc1ccc(-c2onc(C)c2C)cc1S(=O)(=O)CCC(=O)Nc1ccccc1C. The van der Waals surface area contributed by atoms with E-state index < -0.39 is 9.84 Å². The number of ether oxygens (including phenoxy) is 1. The Morgan fingerprint density at radius 1 is 1.13 bits per heavy atom. The fourth-order valence-corrected chi connectivity index (χ4v) is 4.45. The van der Waals surface area contributed by atoms with Gasteiger partial charge >= 0.3 is 0 Å². The molecule has 0 fully saturated rings. The van der Waals surface area contributed by atoms with E-state index in [1.807, 2.05) is 39.0 Å². The largest absolute Gasteiger partial charge is 0.495 e. The quantitative estimate of drug-likeness (QED) is 0.609. The number of hydrogen-bond acceptors (Lipinski definition) is 6. The van der Waals surface area contributed by atoms with Crippen LogP contribution in [0.25, 0.3) is 11.3 Å². The van der Waals surface area contributed by atoms with Gasteiger partial charge in [-0.3, -0.25) is 4.79 Å². The molecule has 1 aromatic heterocycles. The molecule has 0 radical (unpaired) electrons. The van der Waals surface area contributed by atoms with Crippen LogP contribution in [0.1, 0.15) is 23.2 Å². The van der Waals surface area contributed by atoms with Gasteiger partial charge in [0.15, 0.2) is 15.6 Å². The fourth-order valence-electron chi connectivity index (χ4n) is 3.01. The van der Waals surface area contributed by atoms with Crippen molar-refractivity contribution in [3.8, 4) is 17.1 Å². The van der Waals surface area contributed by atoms with Crippen LogP contribution in [0.3, 0.4) is 0 Å². The van der Waals surface area contributed by atoms with Gasteiger partial charge in [0, 0.05) is 23.2 Å². The monoisotopic (exact) mass is 428 g/mol. The maximum absolute atomic E-state index is 13.0. The second-order valence-electron chi connectivity index (χ2n) is 7.02. The van der Waals surface area contributed by atoms with Crippen LogP contribution in [0.4, 0.5) is 5.69 Å². The molecule has 1 amide bonds. The van der Waals surface area contributed by atoms with E-state index in [-0.39, 0.29) is 28.7 Å². The Hall–Kier alpha value is -3.13. The third-order valence-corrected chi connectivity index (χ3v) is 6.67. The van der Waals surface area contributed by atoms with Crippen LogP contribution in [0, 0.1) is 20.8 Å². The van der Waals surface area contributed by atoms with Crippen LogP contribution in [-0.2, 0) is 14.6 Å². The van der Waals surface area contributed by atoms with Crippen molar-refractivity contribution in [2.75, 3.05) is 18.2 Å². The number of aromatic nitrogens is 1. The molecule has 3 aromatic rings. The Morgan fingerprint density at radius 3 is 2.50 bits per heavy atom. The minimum atomic E-state index is -3.78. The highest BCUT2D eigenvalue weighted by atomic mass is 32.2. The van der Waals surface area contributed by atoms with Gasteiger partial charge in [-0.1, -0.05) is 23.4 Å². The lowest BCUT2D eigenvalue weighted by Gasteiger charge is -2.12. The molecular formula is C22H24N2O5S. The molecule has 8 heteroatoms. The number of para-hydroxylation sites is 1. The van der Waals surface area contributed by atoms with Crippen molar-refractivity contribution in [3.63, 3.8) is 0 Å². The number of rotatable bonds is 7. The zero-order valence-corrected chi connectivity index (χ0v) is 18.2. The van der Waals surface area contributed by atoms with Crippen molar-refractivity contribution in [2.24, 2.45) is 0 Å². The topological polar surface area (TPSA) is 98.5 Å². The number of carbonyl (C=O) groups is 1. The van der Waals surface area contributed by atoms with E-state index in [2.05, 4.69) is 10.5 Å². The number of sulfone groups is 1. The second kappa shape index (κ2) is 8.71. The van der Waals surface area contributed by atoms with E-state index in [1.54, 1.807) is 18.2 Å². The molecule has 0 spiro atoms. The first-order valence-corrected chi connectivity index (χ1v) is 11.1. The standard InChI is InChI=1S/C22H24N2O5S/c1-14-7-5-6-8-18(14)23-21(25)11-12-30(26,27)20-13-17(9-10-19(20)28-4)22-15(2)16(3)24-29-22/h5-10,13H,11-12H2,1-4H3,(H,23,25). The van der Waals surface area contributed by atoms with Gasteiger partial charge in [-0.25, -0.2) is 8.42 Å². The number of nitrogens with zero attached hydrogens (tertiary/aromatic N) is 1. The summed E-state index contributed by atoms with van der Waals surface area (Å²) in [5, 5.41) is 6.68. The molecule has 30 heavy (non-hydrogen) atoms. The minimum absolute atomic E-state index is 0.0136. The van der Waals surface area contributed by atoms with Crippen molar-refractivity contribution in [1.82, 2.24) is 5.16 Å². The molecular weight excluding hydrogens is 404 g/mol. The summed E-state index contributed by atoms with van der Waals surface area (Å²) >= 11 is 0. The van der Waals surface area contributed by atoms with Crippen molar-refractivity contribution in [3.05, 3.63) is 59.3 Å². The second-order valence-corrected chi connectivity index (χ2v) is 9.10. The Balaban J connectivity index is 1.82. The van der Waals surface area contributed by atoms with Gasteiger partial charge in [0.05, 0.1) is 18.6 Å². The van der Waals surface area contributed by atoms with Gasteiger partial charge in [-0.2, -0.15) is 0 Å². The smallest absolute Gasteiger partial charge is 0.225 e. The molecule has 0 aliphatic rings. The third kappa shape index (κ3) is 4.54. The van der Waals surface area contributed by atoms with Gasteiger partial charge < -0.3 is 14.6 Å². The fraction of sp³-hybridized carbons (Fsp3) is 0.273. The predicted molar refractivity (Wildman–Crippen MR) is 114 cm³/mol. The number of carbonyl (C=O) groups excluding carboxylic acids is 1. The summed E-state index contributed by atoms with van der Waals surface area (Å²) < 4.78 is 36.6. The lowest BCUT2D eigenvalue weighted by molar-refractivity contribution is -0.115. The molecule has 0 atom stereocenters. The summed E-state index contributed by atoms with van der Waals surface area (Å²) in [5.41, 5.74) is 3.72. The summed E-state index contributed by atoms with van der Waals surface area (Å²) in [5.74, 6) is -0.000538. The van der Waals surface area contributed by atoms with E-state index >= 15 is 0 Å². The van der Waals surface area contributed by atoms with Gasteiger partial charge in [0.25, 0.3) is 0 Å². The summed E-state index contributed by atoms with van der Waals surface area (Å²) in [7, 11) is -2.38. The summed E-state index contributed by atoms with van der Waals surface area (Å²) in [6, 6.07) is 12.1. The highest BCUT2D eigenvalue weighted by Crippen LogP contribution is 2.33. The third-order valence-electron chi connectivity index (χ3n) is 4.94. The van der Waals surface area contributed by atoms with E-state index in [0.29, 0.717) is 17.0 Å². The summed E-state index contributed by atoms with van der Waals surface area (Å²) in [6.45, 7) is 5.54. The lowest BCUT2D eigenvalue weighted by atomic mass is 10.1. The van der Waals surface area contributed by atoms with Crippen molar-refractivity contribution in [1.29, 1.82) is 0 Å². The zero-order chi connectivity index (χ0) is 21.9. The molecule has 3 rings (SSSR count). The summed E-state index contributed by atoms with van der Waals surface area (Å²) in [4.78, 5) is 12.3. The molecule has 0 aliphatic carbocycles. The molecule has 0 saturated carbocycles. The average molecular weight is 429 g/mol. The molecule has 1 heterocycles. The van der Waals surface area contributed by atoms with Crippen LogP contribution in [0.2, 0.25) is 0 Å². The number of methoxy groups -OCH3 is 1. The zero-order valence-electron chi connectivity index (χ0n) is 17.4. The van der Waals surface area contributed by atoms with E-state index in [9.17, 15) is 13.2 Å². The van der Waals surface area contributed by atoms with Crippen molar-refractivity contribution < 1.29 is 22.5 Å². The molecule has 0 saturated heterocycles. The van der Waals surface area contributed by atoms with Crippen molar-refractivity contribution >= 4 is 21.4 Å². The Kier molecular flexibility index (Phi) is 6.26. The van der Waals surface area contributed by atoms with Gasteiger partial charge in [-0.05, 0) is 50.6 Å². The number of amides is 1. The number of nitrogens with one attached hydrogen (secondary N) is 1. The number of hydrogen-bond donors (Lipinski definition) is 1. The molecule has 0 aliphatic heterocycles. The first kappa shape index (κ1) is 21.6. The van der Waals surface area contributed by atoms with Gasteiger partial charge in [0.1, 0.15) is 10.6 Å². The van der Waals surface area contributed by atoms with Crippen LogP contribution >= 0.6 is 0 Å². The minimum Gasteiger partial charge on any atom is -0.495 e. The molecule has 7 nitrogen and oxygen atoms in total. The average Bonchev–Trinajstić information content (AvgIpc) is 3.06. The highest BCUT2D eigenvalue weighted by molar-refractivity contribution is 7.91. The van der Waals surface area contributed by atoms with Crippen LogP contribution in [-0.4, -0.2) is 32.3 Å². The maximum atomic E-state index is 13.0. The van der Waals surface area contributed by atoms with E-state index in [1.165, 1.54) is 13.2 Å². The first-order valence-electron chi connectivity index (χ1n) is 9.42. The Labute approximate surface area is 176 Å².